The van der Waals surface area contributed by atoms with Gasteiger partial charge >= 0.3 is 0 Å². The number of hydrogen-bond acceptors (Lipinski definition) is 17. The highest BCUT2D eigenvalue weighted by atomic mass is 35.5. The number of rotatable bonds is 32. The van der Waals surface area contributed by atoms with E-state index in [-0.39, 0.29) is 36.0 Å². The molecule has 1 unspecified atom stereocenters. The van der Waals surface area contributed by atoms with Gasteiger partial charge in [0.15, 0.2) is 0 Å². The number of carbonyl (C=O) groups excluding carboxylic acids is 3. The maximum atomic E-state index is 13.4. The molecule has 22 heteroatoms. The fourth-order valence-electron chi connectivity index (χ4n) is 16.9. The molecule has 134 heavy (non-hydrogen) atoms. The summed E-state index contributed by atoms with van der Waals surface area (Å²) >= 11 is 18.0. The quantitative estimate of drug-likeness (QED) is 0.0338. The number of methoxy groups -OCH3 is 5. The van der Waals surface area contributed by atoms with Gasteiger partial charge in [0.2, 0.25) is 11.8 Å². The highest BCUT2D eigenvalue weighted by Gasteiger charge is 2.31. The van der Waals surface area contributed by atoms with Crippen molar-refractivity contribution >= 4 is 52.9 Å². The van der Waals surface area contributed by atoms with Crippen LogP contribution in [0.3, 0.4) is 0 Å². The molecule has 11 aromatic rings. The summed E-state index contributed by atoms with van der Waals surface area (Å²) in [5.41, 5.74) is 10.2. The van der Waals surface area contributed by atoms with Crippen molar-refractivity contribution in [3.63, 3.8) is 0 Å². The number of carbonyl (C=O) groups is 3. The Kier molecular flexibility index (Phi) is 44.7. The first-order chi connectivity index (χ1) is 65.3. The molecule has 19 nitrogen and oxygen atoms in total. The summed E-state index contributed by atoms with van der Waals surface area (Å²) in [6, 6.07) is 93.1. The Labute approximate surface area is 810 Å². The number of amides is 2. The van der Waals surface area contributed by atoms with Gasteiger partial charge in [0.1, 0.15) is 52.6 Å². The van der Waals surface area contributed by atoms with Gasteiger partial charge in [-0.15, -0.1) is 0 Å². The topological polar surface area (TPSA) is 183 Å². The van der Waals surface area contributed by atoms with E-state index < -0.39 is 0 Å². The monoisotopic (exact) mass is 1880 g/mol. The van der Waals surface area contributed by atoms with Crippen LogP contribution in [0.5, 0.6) is 40.2 Å². The second-order valence-electron chi connectivity index (χ2n) is 34.8. The lowest BCUT2D eigenvalue weighted by atomic mass is 9.98. The van der Waals surface area contributed by atoms with Crippen LogP contribution in [0.15, 0.2) is 285 Å². The molecule has 0 aromatic heterocycles. The first-order valence-corrected chi connectivity index (χ1v) is 48.3. The van der Waals surface area contributed by atoms with E-state index in [4.69, 9.17) is 77.4 Å². The van der Waals surface area contributed by atoms with E-state index in [1.54, 1.807) is 83.0 Å². The highest BCUT2D eigenvalue weighted by molar-refractivity contribution is 6.31. The van der Waals surface area contributed by atoms with E-state index in [1.165, 1.54) is 46.2 Å². The molecular formula is C112H136Cl3N7O12. The zero-order valence-corrected chi connectivity index (χ0v) is 81.4. The molecule has 11 aromatic carbocycles. The maximum Gasteiger partial charge on any atom is 0.240 e. The third kappa shape index (κ3) is 36.7. The molecule has 5 heterocycles. The molecule has 5 aliphatic rings. The fraction of sp³-hybridized carbons (Fsp3) is 0.384. The molecule has 712 valence electrons. The second-order valence-corrected chi connectivity index (χ2v) is 36.1. The molecule has 3 N–H and O–H groups in total. The summed E-state index contributed by atoms with van der Waals surface area (Å²) in [6.45, 7) is 16.3. The molecule has 0 spiro atoms. The van der Waals surface area contributed by atoms with E-state index in [0.29, 0.717) is 81.3 Å². The minimum absolute atomic E-state index is 0.0232. The summed E-state index contributed by atoms with van der Waals surface area (Å²) in [6.07, 6.45) is 15.5. The van der Waals surface area contributed by atoms with Crippen LogP contribution in [-0.4, -0.2) is 195 Å². The van der Waals surface area contributed by atoms with Gasteiger partial charge in [-0.2, -0.15) is 0 Å². The van der Waals surface area contributed by atoms with Crippen molar-refractivity contribution in [3.8, 4) is 40.2 Å². The molecular weight excluding hydrogens is 1740 g/mol. The van der Waals surface area contributed by atoms with Gasteiger partial charge in [0.05, 0.1) is 43.7 Å². The van der Waals surface area contributed by atoms with Crippen molar-refractivity contribution in [1.82, 2.24) is 35.6 Å². The minimum atomic E-state index is -0.306. The second kappa shape index (κ2) is 57.6. The lowest BCUT2D eigenvalue weighted by Gasteiger charge is -2.34. The van der Waals surface area contributed by atoms with E-state index >= 15 is 0 Å². The van der Waals surface area contributed by atoms with Crippen LogP contribution in [-0.2, 0) is 65.6 Å². The zero-order valence-electron chi connectivity index (χ0n) is 79.1. The summed E-state index contributed by atoms with van der Waals surface area (Å²) in [5, 5.41) is 12.5. The third-order valence-corrected chi connectivity index (χ3v) is 25.4. The summed E-state index contributed by atoms with van der Waals surface area (Å²) in [4.78, 5) is 45.3. The average molecular weight is 1880 g/mol. The molecule has 5 aliphatic heterocycles. The third-order valence-electron chi connectivity index (χ3n) is 24.7. The molecule has 0 aliphatic carbocycles. The van der Waals surface area contributed by atoms with Gasteiger partial charge in [-0.3, -0.25) is 14.4 Å². The SMILES string of the molecule is COC1CCN(C(=O)[C@@H](C)Cc2ccccc2)CC1.COC1CCN(C(=O)[C@H](Cc2ccccc2)NCc2cccc(Oc3cccc(Cl)c3)c2)CC1.COC1CCN(C[C@H](Cc2ccccc2)NCc2cccc(Oc3cccc(Cl)c3)c2)CC1.COC1CCNCC1.COc1ccc(C(OC2CCN(C)CC2)c2ccc(C)cc2)cc1.O=Cc1cccc(Oc2cccc(Cl)c2)c1. The van der Waals surface area contributed by atoms with Gasteiger partial charge in [-0.05, 0) is 253 Å². The van der Waals surface area contributed by atoms with Crippen molar-refractivity contribution in [3.05, 3.63) is 350 Å². The Balaban J connectivity index is 0.000000161. The number of nitrogens with one attached hydrogen (secondary N) is 3. The van der Waals surface area contributed by atoms with E-state index in [2.05, 4.69) is 143 Å². The standard InChI is InChI=1S/C28H31ClN2O3.C28H33ClN2O2.C21H27NO2.C16H23NO2.C13H9ClO2.C6H13NO/c1-33-24-13-15-31(16-14-24)28(32)27(18-21-7-3-2-4-8-21)30-20-22-9-5-11-25(17-22)34-26-12-6-10-23(29)19-26;1-32-26-13-15-31(16-14-26)21-25(17-22-7-3-2-4-8-22)30-20-23-9-5-11-27(18-23)33-28-12-6-10-24(29)19-28;1-16-4-6-17(7-5-16)21(18-8-10-19(23-3)11-9-18)24-20-12-14-22(2)15-13-20;1-13(12-14-6-4-3-5-7-14)16(18)17-10-8-15(19-2)9-11-17;14-11-4-2-6-13(8-11)16-12-5-1-3-10(7-12)9-15;1-8-6-2-4-7-5-3-6/h2-12,17,19,24,27,30H,13-16,18,20H2,1H3;2-12,18-19,25-26,30H,13-17,20-21H2,1H3;4-11,20-21H,12-15H2,1-3H3;3-7,13,15H,8-12H2,1-2H3;1-9H;6-7H,2-5H2,1H3/t27-;25-;;13-;;/m00.0../s1. The largest absolute Gasteiger partial charge is 0.497 e. The van der Waals surface area contributed by atoms with E-state index in [0.717, 1.165) is 183 Å². The van der Waals surface area contributed by atoms with Crippen LogP contribution in [0, 0.1) is 12.8 Å². The van der Waals surface area contributed by atoms with Crippen LogP contribution < -0.4 is 34.9 Å². The summed E-state index contributed by atoms with van der Waals surface area (Å²) in [7, 11) is 11.0. The Bertz CT molecular complexity index is 5190. The molecule has 0 bridgehead atoms. The van der Waals surface area contributed by atoms with Crippen LogP contribution in [0.25, 0.3) is 0 Å². The highest BCUT2D eigenvalue weighted by Crippen LogP contribution is 2.34. The Morgan fingerprint density at radius 1 is 0.396 bits per heavy atom. The number of aldehydes is 1. The average Bonchev–Trinajstić information content (AvgIpc) is 0.666. The Morgan fingerprint density at radius 3 is 1.22 bits per heavy atom. The Morgan fingerprint density at radius 2 is 0.776 bits per heavy atom. The Hall–Kier alpha value is -10.3. The maximum absolute atomic E-state index is 13.4. The van der Waals surface area contributed by atoms with Crippen molar-refractivity contribution in [1.29, 1.82) is 0 Å². The van der Waals surface area contributed by atoms with Crippen molar-refractivity contribution in [2.75, 3.05) is 115 Å². The fourth-order valence-corrected chi connectivity index (χ4v) is 17.4. The van der Waals surface area contributed by atoms with Crippen LogP contribution >= 0.6 is 34.8 Å². The molecule has 0 radical (unpaired) electrons. The summed E-state index contributed by atoms with van der Waals surface area (Å²) in [5.74, 6) is 5.60. The van der Waals surface area contributed by atoms with Crippen molar-refractivity contribution in [2.45, 2.75) is 159 Å². The number of halogens is 3. The van der Waals surface area contributed by atoms with Crippen molar-refractivity contribution in [2.24, 2.45) is 5.92 Å². The molecule has 16 rings (SSSR count). The van der Waals surface area contributed by atoms with Gasteiger partial charge in [0, 0.05) is 133 Å². The van der Waals surface area contributed by atoms with Gasteiger partial charge in [-0.25, -0.2) is 0 Å². The predicted molar refractivity (Wildman–Crippen MR) is 540 cm³/mol. The lowest BCUT2D eigenvalue weighted by molar-refractivity contribution is -0.137. The van der Waals surface area contributed by atoms with Gasteiger partial charge < -0.3 is 78.2 Å². The smallest absolute Gasteiger partial charge is 0.240 e. The lowest BCUT2D eigenvalue weighted by Crippen LogP contribution is -2.50. The summed E-state index contributed by atoms with van der Waals surface area (Å²) < 4.78 is 50.9. The van der Waals surface area contributed by atoms with Crippen molar-refractivity contribution < 1.29 is 57.0 Å². The number of ether oxygens (including phenoxy) is 9. The normalized spacial score (nSPS) is 16.1. The number of hydrogen-bond donors (Lipinski definition) is 3. The molecule has 4 atom stereocenters. The number of piperidine rings is 5. The van der Waals surface area contributed by atoms with Gasteiger partial charge in [-0.1, -0.05) is 229 Å². The molecule has 5 fully saturated rings. The van der Waals surface area contributed by atoms with Crippen LogP contribution in [0.4, 0.5) is 0 Å². The number of aryl methyl sites for hydroxylation is 1. The van der Waals surface area contributed by atoms with E-state index in [1.807, 2.05) is 151 Å². The predicted octanol–water partition coefficient (Wildman–Crippen LogP) is 22.5. The molecule has 0 saturated carbocycles. The molecule has 5 saturated heterocycles. The first-order valence-electron chi connectivity index (χ1n) is 47.1. The number of likely N-dealkylation sites (tertiary alicyclic amines) is 4. The minimum Gasteiger partial charge on any atom is -0.497 e. The van der Waals surface area contributed by atoms with E-state index in [9.17, 15) is 14.4 Å². The molecule has 2 amide bonds. The number of benzene rings is 11. The zero-order chi connectivity index (χ0) is 94.4. The van der Waals surface area contributed by atoms with Crippen LogP contribution in [0.1, 0.15) is 132 Å². The first kappa shape index (κ1) is 104. The van der Waals surface area contributed by atoms with Crippen LogP contribution in [0.2, 0.25) is 15.1 Å². The number of nitrogens with zero attached hydrogens (tertiary/aromatic N) is 4. The van der Waals surface area contributed by atoms with Gasteiger partial charge in [0.25, 0.3) is 0 Å².